The molecule has 0 saturated carbocycles. The monoisotopic (exact) mass is 179 g/mol. The zero-order valence-corrected chi connectivity index (χ0v) is 6.56. The Balaban J connectivity index is 0. The third-order valence-corrected chi connectivity index (χ3v) is 0.682. The Morgan fingerprint density at radius 2 is 1.33 bits per heavy atom. The van der Waals surface area contributed by atoms with E-state index >= 15 is 0 Å². The summed E-state index contributed by atoms with van der Waals surface area (Å²) in [6.07, 6.45) is -0.593. The summed E-state index contributed by atoms with van der Waals surface area (Å²) in [4.78, 5) is 19.3. The molecule has 0 bridgehead atoms. The Labute approximate surface area is 69.6 Å². The second-order valence-corrected chi connectivity index (χ2v) is 1.80. The summed E-state index contributed by atoms with van der Waals surface area (Å²) in [5, 5.41) is 23.5. The Morgan fingerprint density at radius 3 is 1.42 bits per heavy atom. The molecule has 0 fully saturated rings. The van der Waals surface area contributed by atoms with Gasteiger partial charge in [-0.2, -0.15) is 0 Å². The molecule has 6 heteroatoms. The van der Waals surface area contributed by atoms with Gasteiger partial charge in [0.05, 0.1) is 19.4 Å². The third kappa shape index (κ3) is 23.2. The molecular weight excluding hydrogens is 166 g/mol. The van der Waals surface area contributed by atoms with E-state index in [1.54, 1.807) is 0 Å². The van der Waals surface area contributed by atoms with E-state index in [0.29, 0.717) is 6.54 Å². The molecule has 0 aromatic carbocycles. The SMILES string of the molecule is NCCO.O=C(O)CCC(=O)O. The first-order valence-electron chi connectivity index (χ1n) is 3.29. The average Bonchev–Trinajstić information content (AvgIpc) is 2.01. The number of aliphatic hydroxyl groups is 1. The van der Waals surface area contributed by atoms with Crippen molar-refractivity contribution in [2.75, 3.05) is 13.2 Å². The van der Waals surface area contributed by atoms with Crippen molar-refractivity contribution in [2.45, 2.75) is 12.8 Å². The van der Waals surface area contributed by atoms with Gasteiger partial charge in [-0.05, 0) is 0 Å². The van der Waals surface area contributed by atoms with Gasteiger partial charge in [-0.15, -0.1) is 0 Å². The third-order valence-electron chi connectivity index (χ3n) is 0.682. The summed E-state index contributed by atoms with van der Waals surface area (Å²) >= 11 is 0. The van der Waals surface area contributed by atoms with Gasteiger partial charge in [0.15, 0.2) is 0 Å². The van der Waals surface area contributed by atoms with Crippen molar-refractivity contribution in [3.8, 4) is 0 Å². The highest BCUT2D eigenvalue weighted by Gasteiger charge is 2.00. The lowest BCUT2D eigenvalue weighted by Gasteiger charge is -1.85. The zero-order valence-electron chi connectivity index (χ0n) is 6.56. The number of carbonyl (C=O) groups is 2. The van der Waals surface area contributed by atoms with Crippen LogP contribution in [-0.4, -0.2) is 40.4 Å². The highest BCUT2D eigenvalue weighted by Crippen LogP contribution is 1.86. The van der Waals surface area contributed by atoms with Gasteiger partial charge in [-0.1, -0.05) is 0 Å². The molecule has 0 aromatic rings. The van der Waals surface area contributed by atoms with Gasteiger partial charge in [0, 0.05) is 6.54 Å². The molecule has 0 unspecified atom stereocenters. The lowest BCUT2D eigenvalue weighted by atomic mass is 10.3. The van der Waals surface area contributed by atoms with E-state index in [9.17, 15) is 9.59 Å². The second-order valence-electron chi connectivity index (χ2n) is 1.80. The minimum absolute atomic E-state index is 0.0972. The number of hydrogen-bond donors (Lipinski definition) is 4. The Morgan fingerprint density at radius 1 is 1.08 bits per heavy atom. The van der Waals surface area contributed by atoms with Crippen molar-refractivity contribution in [1.29, 1.82) is 0 Å². The van der Waals surface area contributed by atoms with Crippen LogP contribution in [0.2, 0.25) is 0 Å². The molecule has 0 saturated heterocycles. The van der Waals surface area contributed by atoms with Crippen LogP contribution in [0.15, 0.2) is 0 Å². The molecule has 0 aliphatic carbocycles. The number of aliphatic carboxylic acids is 2. The average molecular weight is 179 g/mol. The lowest BCUT2D eigenvalue weighted by Crippen LogP contribution is -2.02. The lowest BCUT2D eigenvalue weighted by molar-refractivity contribution is -0.143. The summed E-state index contributed by atoms with van der Waals surface area (Å²) in [5.74, 6) is -2.15. The zero-order chi connectivity index (χ0) is 9.98. The maximum absolute atomic E-state index is 9.64. The normalized spacial score (nSPS) is 8.17. The minimum Gasteiger partial charge on any atom is -0.481 e. The molecule has 72 valence electrons. The fourth-order valence-electron chi connectivity index (χ4n) is 0.214. The molecule has 0 aromatic heterocycles. The number of rotatable bonds is 4. The summed E-state index contributed by atoms with van der Waals surface area (Å²) in [6, 6.07) is 0. The van der Waals surface area contributed by atoms with Crippen molar-refractivity contribution in [2.24, 2.45) is 5.73 Å². The van der Waals surface area contributed by atoms with E-state index in [2.05, 4.69) is 0 Å². The van der Waals surface area contributed by atoms with Gasteiger partial charge >= 0.3 is 11.9 Å². The van der Waals surface area contributed by atoms with Crippen LogP contribution >= 0.6 is 0 Å². The van der Waals surface area contributed by atoms with Crippen molar-refractivity contribution >= 4 is 11.9 Å². The maximum Gasteiger partial charge on any atom is 0.303 e. The fourth-order valence-corrected chi connectivity index (χ4v) is 0.214. The van der Waals surface area contributed by atoms with Crippen LogP contribution < -0.4 is 5.73 Å². The molecular formula is C6H13NO5. The number of carboxylic acid groups (broad SMARTS) is 2. The van der Waals surface area contributed by atoms with Crippen molar-refractivity contribution in [1.82, 2.24) is 0 Å². The molecule has 0 aliphatic rings. The van der Waals surface area contributed by atoms with Crippen LogP contribution in [0.25, 0.3) is 0 Å². The molecule has 0 amide bonds. The summed E-state index contributed by atoms with van der Waals surface area (Å²) in [6.45, 7) is 0.472. The highest BCUT2D eigenvalue weighted by atomic mass is 16.4. The first kappa shape index (κ1) is 13.4. The molecule has 0 radical (unpaired) electrons. The van der Waals surface area contributed by atoms with Gasteiger partial charge in [0.1, 0.15) is 0 Å². The fraction of sp³-hybridized carbons (Fsp3) is 0.667. The predicted octanol–water partition coefficient (Wildman–Crippen LogP) is -1.13. The molecule has 0 rings (SSSR count). The number of nitrogens with two attached hydrogens (primary N) is 1. The summed E-state index contributed by atoms with van der Waals surface area (Å²) < 4.78 is 0. The van der Waals surface area contributed by atoms with Crippen LogP contribution in [0.3, 0.4) is 0 Å². The molecule has 0 heterocycles. The second kappa shape index (κ2) is 9.86. The largest absolute Gasteiger partial charge is 0.481 e. The maximum atomic E-state index is 9.64. The quantitative estimate of drug-likeness (QED) is 0.433. The van der Waals surface area contributed by atoms with E-state index < -0.39 is 11.9 Å². The number of hydrogen-bond acceptors (Lipinski definition) is 4. The molecule has 0 spiro atoms. The van der Waals surface area contributed by atoms with E-state index in [1.165, 1.54) is 0 Å². The van der Waals surface area contributed by atoms with E-state index in [1.807, 2.05) is 0 Å². The number of carboxylic acids is 2. The van der Waals surface area contributed by atoms with Crippen molar-refractivity contribution in [3.63, 3.8) is 0 Å². The first-order valence-corrected chi connectivity index (χ1v) is 3.29. The smallest absolute Gasteiger partial charge is 0.303 e. The molecule has 0 aliphatic heterocycles. The molecule has 0 atom stereocenters. The topological polar surface area (TPSA) is 121 Å². The number of aliphatic hydroxyl groups excluding tert-OH is 1. The Hall–Kier alpha value is -1.14. The van der Waals surface area contributed by atoms with Gasteiger partial charge < -0.3 is 21.1 Å². The Kier molecular flexibility index (Phi) is 11.1. The van der Waals surface area contributed by atoms with Crippen LogP contribution in [0, 0.1) is 0 Å². The van der Waals surface area contributed by atoms with Crippen LogP contribution in [0.5, 0.6) is 0 Å². The van der Waals surface area contributed by atoms with Crippen LogP contribution in [-0.2, 0) is 9.59 Å². The molecule has 5 N–H and O–H groups in total. The predicted molar refractivity (Wildman–Crippen MR) is 40.6 cm³/mol. The Bertz CT molecular complexity index is 120. The summed E-state index contributed by atoms with van der Waals surface area (Å²) in [7, 11) is 0. The van der Waals surface area contributed by atoms with E-state index in [-0.39, 0.29) is 19.4 Å². The standard InChI is InChI=1S/C4H6O4.C2H7NO/c5-3(6)1-2-4(7)8;3-1-2-4/h1-2H2,(H,5,6)(H,7,8);4H,1-3H2. The highest BCUT2D eigenvalue weighted by molar-refractivity contribution is 5.75. The molecule has 12 heavy (non-hydrogen) atoms. The minimum atomic E-state index is -1.08. The molecule has 6 nitrogen and oxygen atoms in total. The van der Waals surface area contributed by atoms with Crippen LogP contribution in [0.1, 0.15) is 12.8 Å². The van der Waals surface area contributed by atoms with E-state index in [0.717, 1.165) is 0 Å². The van der Waals surface area contributed by atoms with Crippen molar-refractivity contribution in [3.05, 3.63) is 0 Å². The van der Waals surface area contributed by atoms with Crippen LogP contribution in [0.4, 0.5) is 0 Å². The van der Waals surface area contributed by atoms with E-state index in [4.69, 9.17) is 21.1 Å². The first-order chi connectivity index (χ1) is 5.54. The van der Waals surface area contributed by atoms with Gasteiger partial charge in [0.2, 0.25) is 0 Å². The summed E-state index contributed by atoms with van der Waals surface area (Å²) in [5.41, 5.74) is 4.78. The van der Waals surface area contributed by atoms with Crippen molar-refractivity contribution < 1.29 is 24.9 Å². The van der Waals surface area contributed by atoms with Gasteiger partial charge in [-0.25, -0.2) is 0 Å². The van der Waals surface area contributed by atoms with Gasteiger partial charge in [-0.3, -0.25) is 9.59 Å². The van der Waals surface area contributed by atoms with Gasteiger partial charge in [0.25, 0.3) is 0 Å².